The molecule has 0 amide bonds. The monoisotopic (exact) mass is 321 g/mol. The lowest BCUT2D eigenvalue weighted by molar-refractivity contribution is 0.0535. The van der Waals surface area contributed by atoms with Crippen molar-refractivity contribution in [3.8, 4) is 11.5 Å². The second-order valence-corrected chi connectivity index (χ2v) is 6.83. The van der Waals surface area contributed by atoms with E-state index in [1.807, 2.05) is 6.07 Å². The molecule has 0 radical (unpaired) electrons. The van der Waals surface area contributed by atoms with E-state index in [-0.39, 0.29) is 0 Å². The molecule has 1 heterocycles. The molecule has 1 saturated heterocycles. The fourth-order valence-corrected chi connectivity index (χ4v) is 3.40. The minimum atomic E-state index is 0.399. The summed E-state index contributed by atoms with van der Waals surface area (Å²) < 4.78 is 16.5. The van der Waals surface area contributed by atoms with Crippen LogP contribution < -0.4 is 14.8 Å². The predicted octanol–water partition coefficient (Wildman–Crippen LogP) is 3.29. The highest BCUT2D eigenvalue weighted by atomic mass is 16.5. The van der Waals surface area contributed by atoms with Crippen LogP contribution in [0.25, 0.3) is 0 Å². The third-order valence-corrected chi connectivity index (χ3v) is 4.64. The molecule has 3 atom stereocenters. The van der Waals surface area contributed by atoms with Gasteiger partial charge in [0.05, 0.1) is 20.3 Å². The van der Waals surface area contributed by atoms with Crippen LogP contribution in [0, 0.1) is 11.8 Å². The molecule has 1 aromatic rings. The van der Waals surface area contributed by atoms with E-state index < -0.39 is 0 Å². The molecule has 1 aliphatic heterocycles. The number of hydrogen-bond acceptors (Lipinski definition) is 4. The Morgan fingerprint density at radius 1 is 1.17 bits per heavy atom. The first-order valence-electron chi connectivity index (χ1n) is 8.61. The van der Waals surface area contributed by atoms with Gasteiger partial charge in [0.1, 0.15) is 0 Å². The van der Waals surface area contributed by atoms with Crippen molar-refractivity contribution in [2.45, 2.75) is 45.8 Å². The minimum Gasteiger partial charge on any atom is -0.493 e. The van der Waals surface area contributed by atoms with Crippen molar-refractivity contribution in [3.05, 3.63) is 23.8 Å². The third kappa shape index (κ3) is 4.85. The lowest BCUT2D eigenvalue weighted by Crippen LogP contribution is -2.37. The highest BCUT2D eigenvalue weighted by Crippen LogP contribution is 2.28. The van der Waals surface area contributed by atoms with Crippen LogP contribution in [0.1, 0.15) is 32.8 Å². The average molecular weight is 321 g/mol. The summed E-state index contributed by atoms with van der Waals surface area (Å²) in [5, 5.41) is 3.67. The van der Waals surface area contributed by atoms with Crippen LogP contribution in [0.4, 0.5) is 0 Å². The molecule has 0 aliphatic carbocycles. The first-order valence-corrected chi connectivity index (χ1v) is 8.61. The van der Waals surface area contributed by atoms with Gasteiger partial charge < -0.3 is 19.5 Å². The fourth-order valence-electron chi connectivity index (χ4n) is 3.40. The van der Waals surface area contributed by atoms with Gasteiger partial charge in [-0.15, -0.1) is 0 Å². The quantitative estimate of drug-likeness (QED) is 0.797. The van der Waals surface area contributed by atoms with E-state index in [2.05, 4.69) is 38.2 Å². The second-order valence-electron chi connectivity index (χ2n) is 6.83. The molecule has 0 bridgehead atoms. The van der Waals surface area contributed by atoms with Crippen molar-refractivity contribution in [2.75, 3.05) is 27.4 Å². The third-order valence-electron chi connectivity index (χ3n) is 4.64. The summed E-state index contributed by atoms with van der Waals surface area (Å²) in [7, 11) is 3.34. The molecule has 1 aliphatic rings. The maximum absolute atomic E-state index is 5.86. The molecule has 4 heteroatoms. The summed E-state index contributed by atoms with van der Waals surface area (Å²) in [6.45, 7) is 8.65. The lowest BCUT2D eigenvalue weighted by Gasteiger charge is -2.24. The Morgan fingerprint density at radius 2 is 1.91 bits per heavy atom. The Labute approximate surface area is 140 Å². The van der Waals surface area contributed by atoms with Crippen LogP contribution in [0.5, 0.6) is 11.5 Å². The molecule has 1 N–H and O–H groups in total. The zero-order valence-electron chi connectivity index (χ0n) is 15.1. The van der Waals surface area contributed by atoms with Crippen LogP contribution in [0.2, 0.25) is 0 Å². The predicted molar refractivity (Wildman–Crippen MR) is 93.4 cm³/mol. The molecule has 1 aromatic carbocycles. The number of rotatable bonds is 8. The van der Waals surface area contributed by atoms with Crippen LogP contribution in [-0.2, 0) is 11.2 Å². The Hall–Kier alpha value is -1.26. The molecule has 0 saturated carbocycles. The largest absolute Gasteiger partial charge is 0.493 e. The van der Waals surface area contributed by atoms with E-state index in [4.69, 9.17) is 14.2 Å². The van der Waals surface area contributed by atoms with Gasteiger partial charge in [-0.2, -0.15) is 0 Å². The summed E-state index contributed by atoms with van der Waals surface area (Å²) in [4.78, 5) is 0. The minimum absolute atomic E-state index is 0.399. The van der Waals surface area contributed by atoms with Crippen LogP contribution in [-0.4, -0.2) is 39.5 Å². The number of ether oxygens (including phenoxy) is 3. The van der Waals surface area contributed by atoms with Gasteiger partial charge in [-0.1, -0.05) is 19.9 Å². The highest BCUT2D eigenvalue weighted by Gasteiger charge is 2.30. The van der Waals surface area contributed by atoms with Crippen molar-refractivity contribution < 1.29 is 14.2 Å². The first kappa shape index (κ1) is 18.1. The molecule has 0 unspecified atom stereocenters. The van der Waals surface area contributed by atoms with E-state index in [9.17, 15) is 0 Å². The van der Waals surface area contributed by atoms with Crippen LogP contribution >= 0.6 is 0 Å². The van der Waals surface area contributed by atoms with E-state index in [0.717, 1.165) is 31.1 Å². The normalized spacial score (nSPS) is 22.3. The Bertz CT molecular complexity index is 490. The zero-order chi connectivity index (χ0) is 16.8. The Morgan fingerprint density at radius 3 is 2.57 bits per heavy atom. The fraction of sp³-hybridized carbons (Fsp3) is 0.684. The number of hydrogen-bond donors (Lipinski definition) is 1. The molecule has 130 valence electrons. The van der Waals surface area contributed by atoms with Gasteiger partial charge in [-0.25, -0.2) is 0 Å². The molecule has 2 rings (SSSR count). The second kappa shape index (κ2) is 8.55. The smallest absolute Gasteiger partial charge is 0.160 e. The van der Waals surface area contributed by atoms with E-state index >= 15 is 0 Å². The maximum Gasteiger partial charge on any atom is 0.160 e. The van der Waals surface area contributed by atoms with Crippen LogP contribution in [0.15, 0.2) is 18.2 Å². The van der Waals surface area contributed by atoms with E-state index in [1.165, 1.54) is 12.0 Å². The van der Waals surface area contributed by atoms with E-state index in [1.54, 1.807) is 14.2 Å². The van der Waals surface area contributed by atoms with Crippen molar-refractivity contribution in [3.63, 3.8) is 0 Å². The molecule has 4 nitrogen and oxygen atoms in total. The number of benzene rings is 1. The molecule has 0 spiro atoms. The molecule has 1 fully saturated rings. The summed E-state index contributed by atoms with van der Waals surface area (Å²) in [6.07, 6.45) is 2.54. The number of nitrogens with one attached hydrogen (secondary N) is 1. The van der Waals surface area contributed by atoms with Gasteiger partial charge in [0.25, 0.3) is 0 Å². The van der Waals surface area contributed by atoms with Gasteiger partial charge in [-0.3, -0.25) is 0 Å². The van der Waals surface area contributed by atoms with Crippen LogP contribution in [0.3, 0.4) is 0 Å². The summed E-state index contributed by atoms with van der Waals surface area (Å²) in [6, 6.07) is 6.56. The Kier molecular flexibility index (Phi) is 6.72. The van der Waals surface area contributed by atoms with Crippen molar-refractivity contribution in [1.82, 2.24) is 5.32 Å². The Balaban J connectivity index is 1.86. The average Bonchev–Trinajstić information content (AvgIpc) is 3.01. The van der Waals surface area contributed by atoms with Gasteiger partial charge in [-0.05, 0) is 49.3 Å². The summed E-state index contributed by atoms with van der Waals surface area (Å²) in [5.41, 5.74) is 1.26. The molecular formula is C19H31NO3. The van der Waals surface area contributed by atoms with Crippen molar-refractivity contribution in [1.29, 1.82) is 0 Å². The zero-order valence-corrected chi connectivity index (χ0v) is 15.1. The lowest BCUT2D eigenvalue weighted by atomic mass is 9.92. The van der Waals surface area contributed by atoms with Crippen molar-refractivity contribution >= 4 is 0 Å². The highest BCUT2D eigenvalue weighted by molar-refractivity contribution is 5.43. The SMILES string of the molecule is COc1ccc(C[C@H](C)NC[C@H]2CCO[C@@H]2C(C)C)cc1OC. The van der Waals surface area contributed by atoms with Crippen molar-refractivity contribution in [2.24, 2.45) is 11.8 Å². The van der Waals surface area contributed by atoms with E-state index in [0.29, 0.717) is 24.0 Å². The van der Waals surface area contributed by atoms with Gasteiger partial charge in [0.15, 0.2) is 11.5 Å². The van der Waals surface area contributed by atoms with Gasteiger partial charge in [0, 0.05) is 19.2 Å². The van der Waals surface area contributed by atoms with Gasteiger partial charge >= 0.3 is 0 Å². The standard InChI is InChI=1S/C19H31NO3/c1-13(2)19-16(8-9-23-19)12-20-14(3)10-15-6-7-17(21-4)18(11-15)22-5/h6-7,11,13-14,16,19-20H,8-10,12H2,1-5H3/t14-,16+,19+/m0/s1. The summed E-state index contributed by atoms with van der Waals surface area (Å²) >= 11 is 0. The first-order chi connectivity index (χ1) is 11.0. The number of methoxy groups -OCH3 is 2. The molecular weight excluding hydrogens is 290 g/mol. The molecule has 23 heavy (non-hydrogen) atoms. The topological polar surface area (TPSA) is 39.7 Å². The molecule has 0 aromatic heterocycles. The van der Waals surface area contributed by atoms with Gasteiger partial charge in [0.2, 0.25) is 0 Å². The summed E-state index contributed by atoms with van der Waals surface area (Å²) in [5.74, 6) is 2.79. The maximum atomic E-state index is 5.86.